The van der Waals surface area contributed by atoms with E-state index in [4.69, 9.17) is 5.73 Å². The Kier molecular flexibility index (Phi) is 4.18. The number of carbonyl (C=O) groups excluding carboxylic acids is 1. The number of benzene rings is 1. The van der Waals surface area contributed by atoms with Crippen molar-refractivity contribution in [3.8, 4) is 0 Å². The summed E-state index contributed by atoms with van der Waals surface area (Å²) in [7, 11) is 0. The Morgan fingerprint density at radius 1 is 1.54 bits per heavy atom. The molecule has 4 heteroatoms. The first-order valence-electron chi connectivity index (χ1n) is 3.75. The van der Waals surface area contributed by atoms with Gasteiger partial charge in [0.05, 0.1) is 5.33 Å². The zero-order chi connectivity index (χ0) is 9.84. The summed E-state index contributed by atoms with van der Waals surface area (Å²) < 4.78 is 1.05. The number of ketones is 1. The zero-order valence-electron chi connectivity index (χ0n) is 6.89. The van der Waals surface area contributed by atoms with Gasteiger partial charge in [-0.2, -0.15) is 0 Å². The lowest BCUT2D eigenvalue weighted by atomic mass is 10.1. The van der Waals surface area contributed by atoms with Gasteiger partial charge in [-0.05, 0) is 40.3 Å². The predicted molar refractivity (Wildman–Crippen MR) is 66.1 cm³/mol. The van der Waals surface area contributed by atoms with Crippen LogP contribution in [-0.2, 0) is 11.2 Å². The normalized spacial score (nSPS) is 10.0. The maximum Gasteiger partial charge on any atom is 0.147 e. The van der Waals surface area contributed by atoms with Crippen molar-refractivity contribution < 1.29 is 4.79 Å². The van der Waals surface area contributed by atoms with Crippen molar-refractivity contribution in [1.82, 2.24) is 0 Å². The molecule has 0 radical (unpaired) electrons. The molecule has 0 spiro atoms. The lowest BCUT2D eigenvalue weighted by molar-refractivity contribution is -0.115. The van der Waals surface area contributed by atoms with Crippen LogP contribution in [0.5, 0.6) is 0 Å². The van der Waals surface area contributed by atoms with Gasteiger partial charge < -0.3 is 5.73 Å². The molecule has 2 nitrogen and oxygen atoms in total. The van der Waals surface area contributed by atoms with Gasteiger partial charge in [-0.1, -0.05) is 22.0 Å². The van der Waals surface area contributed by atoms with Gasteiger partial charge >= 0.3 is 0 Å². The van der Waals surface area contributed by atoms with E-state index in [0.29, 0.717) is 11.8 Å². The molecule has 0 unspecified atom stereocenters. The Labute approximate surface area is 99.2 Å². The molecule has 0 heterocycles. The SMILES string of the molecule is Nc1ccc(CC(=O)CBr)c(I)c1. The summed E-state index contributed by atoms with van der Waals surface area (Å²) in [6.45, 7) is 0. The molecule has 0 aromatic heterocycles. The topological polar surface area (TPSA) is 43.1 Å². The molecule has 1 aromatic rings. The first kappa shape index (κ1) is 11.0. The summed E-state index contributed by atoms with van der Waals surface area (Å²) in [5, 5.41) is 0.410. The number of carbonyl (C=O) groups is 1. The Morgan fingerprint density at radius 3 is 2.77 bits per heavy atom. The number of hydrogen-bond donors (Lipinski definition) is 1. The number of halogens is 2. The highest BCUT2D eigenvalue weighted by Crippen LogP contribution is 2.16. The second kappa shape index (κ2) is 4.95. The zero-order valence-corrected chi connectivity index (χ0v) is 10.6. The number of nitrogens with two attached hydrogens (primary N) is 1. The fraction of sp³-hybridized carbons (Fsp3) is 0.222. The monoisotopic (exact) mass is 353 g/mol. The molecule has 0 fully saturated rings. The van der Waals surface area contributed by atoms with Gasteiger partial charge in [0.1, 0.15) is 5.78 Å². The molecule has 13 heavy (non-hydrogen) atoms. The fourth-order valence-electron chi connectivity index (χ4n) is 0.967. The summed E-state index contributed by atoms with van der Waals surface area (Å²) in [5.74, 6) is 0.183. The average molecular weight is 354 g/mol. The van der Waals surface area contributed by atoms with Gasteiger partial charge in [0.15, 0.2) is 0 Å². The maximum absolute atomic E-state index is 11.1. The highest BCUT2D eigenvalue weighted by Gasteiger charge is 2.05. The predicted octanol–water partition coefficient (Wildman–Crippen LogP) is 2.38. The van der Waals surface area contributed by atoms with Crippen LogP contribution >= 0.6 is 38.5 Å². The molecule has 0 aliphatic carbocycles. The Balaban J connectivity index is 2.83. The molecule has 0 aliphatic rings. The van der Waals surface area contributed by atoms with Crippen molar-refractivity contribution in [2.24, 2.45) is 0 Å². The molecule has 0 aliphatic heterocycles. The standard InChI is InChI=1S/C9H9BrINO/c10-5-8(13)3-6-1-2-7(12)4-9(6)11/h1-2,4H,3,5,12H2. The first-order valence-corrected chi connectivity index (χ1v) is 5.95. The third-order valence-electron chi connectivity index (χ3n) is 1.61. The number of alkyl halides is 1. The van der Waals surface area contributed by atoms with Crippen molar-refractivity contribution >= 4 is 50.0 Å². The summed E-state index contributed by atoms with van der Waals surface area (Å²) in [6, 6.07) is 5.59. The van der Waals surface area contributed by atoms with Crippen LogP contribution in [0, 0.1) is 3.57 Å². The highest BCUT2D eigenvalue weighted by atomic mass is 127. The molecule has 0 saturated carbocycles. The van der Waals surface area contributed by atoms with Crippen molar-refractivity contribution in [2.45, 2.75) is 6.42 Å². The molecule has 1 rings (SSSR count). The quantitative estimate of drug-likeness (QED) is 0.515. The molecule has 0 saturated heterocycles. The smallest absolute Gasteiger partial charge is 0.147 e. The Hall–Kier alpha value is -0.100. The van der Waals surface area contributed by atoms with Crippen molar-refractivity contribution in [1.29, 1.82) is 0 Å². The van der Waals surface area contributed by atoms with E-state index >= 15 is 0 Å². The largest absolute Gasteiger partial charge is 0.399 e. The lowest BCUT2D eigenvalue weighted by Crippen LogP contribution is -2.05. The van der Waals surface area contributed by atoms with E-state index in [2.05, 4.69) is 38.5 Å². The van der Waals surface area contributed by atoms with Crippen molar-refractivity contribution in [3.63, 3.8) is 0 Å². The van der Waals surface area contributed by atoms with Crippen molar-refractivity contribution in [2.75, 3.05) is 11.1 Å². The molecular weight excluding hydrogens is 345 g/mol. The molecule has 0 amide bonds. The van der Waals surface area contributed by atoms with Crippen LogP contribution in [0.15, 0.2) is 18.2 Å². The van der Waals surface area contributed by atoms with Crippen LogP contribution in [0.4, 0.5) is 5.69 Å². The third-order valence-corrected chi connectivity index (χ3v) is 3.24. The minimum absolute atomic E-state index is 0.183. The van der Waals surface area contributed by atoms with Crippen LogP contribution in [0.3, 0.4) is 0 Å². The second-order valence-electron chi connectivity index (χ2n) is 2.70. The van der Waals surface area contributed by atoms with Crippen LogP contribution in [0.2, 0.25) is 0 Å². The molecular formula is C9H9BrINO. The van der Waals surface area contributed by atoms with Crippen LogP contribution in [0.1, 0.15) is 5.56 Å². The van der Waals surface area contributed by atoms with E-state index < -0.39 is 0 Å². The summed E-state index contributed by atoms with van der Waals surface area (Å²) in [5.41, 5.74) is 7.37. The Bertz CT molecular complexity index is 327. The third kappa shape index (κ3) is 3.27. The van der Waals surface area contributed by atoms with Gasteiger partial charge in [-0.3, -0.25) is 4.79 Å². The summed E-state index contributed by atoms with van der Waals surface area (Å²) in [6.07, 6.45) is 0.476. The molecule has 0 bridgehead atoms. The van der Waals surface area contributed by atoms with E-state index in [1.54, 1.807) is 0 Å². The number of nitrogen functional groups attached to an aromatic ring is 1. The molecule has 70 valence electrons. The van der Waals surface area contributed by atoms with E-state index in [1.807, 2.05) is 18.2 Å². The minimum Gasteiger partial charge on any atom is -0.399 e. The molecule has 1 aromatic carbocycles. The van der Waals surface area contributed by atoms with Crippen LogP contribution in [0.25, 0.3) is 0 Å². The number of Topliss-reactive ketones (excluding diaryl/α,β-unsaturated/α-hetero) is 1. The van der Waals surface area contributed by atoms with Crippen LogP contribution in [-0.4, -0.2) is 11.1 Å². The van der Waals surface area contributed by atoms with Gasteiger partial charge in [0.25, 0.3) is 0 Å². The maximum atomic E-state index is 11.1. The van der Waals surface area contributed by atoms with E-state index in [1.165, 1.54) is 0 Å². The van der Waals surface area contributed by atoms with Gasteiger partial charge in [0, 0.05) is 15.7 Å². The molecule has 0 atom stereocenters. The second-order valence-corrected chi connectivity index (χ2v) is 4.42. The minimum atomic E-state index is 0.183. The van der Waals surface area contributed by atoms with Gasteiger partial charge in [-0.15, -0.1) is 0 Å². The van der Waals surface area contributed by atoms with E-state index in [9.17, 15) is 4.79 Å². The number of hydrogen-bond acceptors (Lipinski definition) is 2. The van der Waals surface area contributed by atoms with Gasteiger partial charge in [0.2, 0.25) is 0 Å². The lowest BCUT2D eigenvalue weighted by Gasteiger charge is -2.03. The fourth-order valence-corrected chi connectivity index (χ4v) is 1.89. The van der Waals surface area contributed by atoms with Gasteiger partial charge in [-0.25, -0.2) is 0 Å². The molecule has 2 N–H and O–H groups in total. The Morgan fingerprint density at radius 2 is 2.23 bits per heavy atom. The van der Waals surface area contributed by atoms with Crippen LogP contribution < -0.4 is 5.73 Å². The van der Waals surface area contributed by atoms with Crippen molar-refractivity contribution in [3.05, 3.63) is 27.3 Å². The highest BCUT2D eigenvalue weighted by molar-refractivity contribution is 14.1. The first-order chi connectivity index (χ1) is 6.13. The van der Waals surface area contributed by atoms with E-state index in [-0.39, 0.29) is 5.78 Å². The average Bonchev–Trinajstić information content (AvgIpc) is 2.09. The summed E-state index contributed by atoms with van der Waals surface area (Å²) >= 11 is 5.32. The number of rotatable bonds is 3. The van der Waals surface area contributed by atoms with E-state index in [0.717, 1.165) is 14.8 Å². The number of anilines is 1. The summed E-state index contributed by atoms with van der Waals surface area (Å²) in [4.78, 5) is 11.1.